The molecule has 0 saturated heterocycles. The van der Waals surface area contributed by atoms with Crippen molar-refractivity contribution in [2.45, 2.75) is 0 Å². The van der Waals surface area contributed by atoms with Gasteiger partial charge in [0.2, 0.25) is 0 Å². The molecule has 0 fully saturated rings. The minimum absolute atomic E-state index is 0.00237. The van der Waals surface area contributed by atoms with Gasteiger partial charge in [-0.05, 0) is 86.0 Å². The number of rotatable bonds is 6. The summed E-state index contributed by atoms with van der Waals surface area (Å²) in [6, 6.07) is 6.47. The molecule has 0 saturated carbocycles. The van der Waals surface area contributed by atoms with Crippen molar-refractivity contribution in [3.63, 3.8) is 0 Å². The zero-order valence-electron chi connectivity index (χ0n) is 13.6. The zero-order chi connectivity index (χ0) is 20.6. The van der Waals surface area contributed by atoms with Crippen LogP contribution in [0.15, 0.2) is 28.7 Å². The van der Waals surface area contributed by atoms with E-state index >= 15 is 0 Å². The number of fused-ring (bicyclic) bond motifs is 2. The van der Waals surface area contributed by atoms with Crippen molar-refractivity contribution < 1.29 is 36.5 Å². The summed E-state index contributed by atoms with van der Waals surface area (Å²) in [4.78, 5) is 24.7. The number of ether oxygens (including phenoxy) is 2. The van der Waals surface area contributed by atoms with Gasteiger partial charge in [-0.15, -0.1) is 0 Å². The van der Waals surface area contributed by atoms with E-state index in [9.17, 15) is 18.0 Å². The molecule has 3 rings (SSSR count). The van der Waals surface area contributed by atoms with Gasteiger partial charge in [-0.25, -0.2) is 9.59 Å². The van der Waals surface area contributed by atoms with Crippen molar-refractivity contribution in [2.24, 2.45) is 0 Å². The van der Waals surface area contributed by atoms with Gasteiger partial charge in [-0.3, -0.25) is 4.55 Å². The summed E-state index contributed by atoms with van der Waals surface area (Å²) in [5.41, 5.74) is 0.706. The number of carbonyl (C=O) groups is 2. The van der Waals surface area contributed by atoms with Crippen molar-refractivity contribution in [1.29, 1.82) is 0 Å². The summed E-state index contributed by atoms with van der Waals surface area (Å²) in [6.07, 6.45) is 0. The van der Waals surface area contributed by atoms with Crippen LogP contribution in [-0.2, 0) is 14.9 Å². The zero-order valence-corrected chi connectivity index (χ0v) is 20.9. The summed E-state index contributed by atoms with van der Waals surface area (Å²) >= 11 is 6.27. The van der Waals surface area contributed by atoms with Gasteiger partial charge >= 0.3 is 11.9 Å². The van der Waals surface area contributed by atoms with Gasteiger partial charge in [-0.1, -0.05) is 0 Å². The lowest BCUT2D eigenvalue weighted by molar-refractivity contribution is 0.0528. The van der Waals surface area contributed by atoms with Crippen LogP contribution in [0.3, 0.4) is 0 Å². The van der Waals surface area contributed by atoms with E-state index in [4.69, 9.17) is 18.4 Å². The molecule has 0 aliphatic rings. The number of benzene rings is 2. The third-order valence-corrected chi connectivity index (χ3v) is 7.81. The molecular weight excluding hydrogens is 733 g/mol. The Morgan fingerprint density at radius 3 is 2.39 bits per heavy atom. The first-order valence-corrected chi connectivity index (χ1v) is 12.2. The number of furan rings is 2. The molecule has 0 unspecified atom stereocenters. The normalized spacial score (nSPS) is 11.7. The quantitative estimate of drug-likeness (QED) is 0.133. The van der Waals surface area contributed by atoms with E-state index in [0.717, 1.165) is 10.7 Å². The molecule has 0 radical (unpaired) electrons. The van der Waals surface area contributed by atoms with Gasteiger partial charge in [0.15, 0.2) is 11.3 Å². The molecule has 0 spiro atoms. The van der Waals surface area contributed by atoms with Crippen LogP contribution in [0.25, 0.3) is 11.2 Å². The highest BCUT2D eigenvalue weighted by atomic mass is 127. The number of carbonyl (C=O) groups excluding carboxylic acids is 2. The minimum Gasteiger partial charge on any atom is -0.461 e. The molecule has 3 aromatic rings. The maximum absolute atomic E-state index is 12.6. The highest BCUT2D eigenvalue weighted by Gasteiger charge is 2.25. The summed E-state index contributed by atoms with van der Waals surface area (Å²) in [5.74, 6) is -2.11. The van der Waals surface area contributed by atoms with Gasteiger partial charge in [0.1, 0.15) is 23.5 Å². The lowest BCUT2D eigenvalue weighted by atomic mass is 10.2. The van der Waals surface area contributed by atoms with Crippen LogP contribution < -0.4 is 4.74 Å². The smallest absolute Gasteiger partial charge is 0.344 e. The van der Waals surface area contributed by atoms with Crippen LogP contribution in [0, 0.1) is 10.7 Å². The molecule has 8 nitrogen and oxygen atoms in total. The van der Waals surface area contributed by atoms with Crippen LogP contribution >= 0.6 is 67.8 Å². The van der Waals surface area contributed by atoms with Crippen LogP contribution in [0.5, 0.6) is 5.75 Å². The molecule has 2 heterocycles. The Labute approximate surface area is 199 Å². The molecule has 0 atom stereocenters. The van der Waals surface area contributed by atoms with Crippen molar-refractivity contribution in [2.75, 3.05) is 12.4 Å². The second kappa shape index (κ2) is 8.57. The fourth-order valence-corrected chi connectivity index (χ4v) is 4.93. The topological polar surface area (TPSA) is 120 Å². The highest BCUT2D eigenvalue weighted by Crippen LogP contribution is 2.35. The first-order chi connectivity index (χ1) is 13.0. The number of esters is 2. The number of hydrogen-bond acceptors (Lipinski definition) is 7. The Balaban J connectivity index is 1.79. The predicted octanol–water partition coefficient (Wildman–Crippen LogP) is 3.95. The van der Waals surface area contributed by atoms with Crippen LogP contribution in [0.2, 0.25) is 0 Å². The van der Waals surface area contributed by atoms with E-state index in [-0.39, 0.29) is 16.9 Å². The van der Waals surface area contributed by atoms with Gasteiger partial charge in [0, 0.05) is 16.8 Å². The fraction of sp³-hybridized carbons (Fsp3) is 0.125. The molecule has 148 valence electrons. The molecule has 12 heteroatoms. The van der Waals surface area contributed by atoms with Crippen molar-refractivity contribution in [3.8, 4) is 5.75 Å². The third-order valence-electron chi connectivity index (χ3n) is 3.46. The Bertz CT molecular complexity index is 1170. The van der Waals surface area contributed by atoms with E-state index in [1.165, 1.54) is 12.1 Å². The van der Waals surface area contributed by atoms with E-state index < -0.39 is 34.4 Å². The summed E-state index contributed by atoms with van der Waals surface area (Å²) in [7, 11) is -4.24. The molecule has 0 aliphatic heterocycles. The first-order valence-electron chi connectivity index (χ1n) is 7.40. The summed E-state index contributed by atoms with van der Waals surface area (Å²) in [6.45, 7) is -0.518. The highest BCUT2D eigenvalue weighted by molar-refractivity contribution is 14.1. The average Bonchev–Trinajstić information content (AvgIpc) is 3.17. The van der Waals surface area contributed by atoms with Crippen LogP contribution in [0.4, 0.5) is 0 Å². The Kier molecular flexibility index (Phi) is 6.72. The van der Waals surface area contributed by atoms with Crippen LogP contribution in [-0.4, -0.2) is 37.3 Å². The molecular formula is C16H9I3O8S. The molecule has 0 aliphatic carbocycles. The molecule has 2 aromatic heterocycles. The monoisotopic (exact) mass is 742 g/mol. The van der Waals surface area contributed by atoms with E-state index in [1.807, 2.05) is 6.07 Å². The van der Waals surface area contributed by atoms with E-state index in [0.29, 0.717) is 11.1 Å². The van der Waals surface area contributed by atoms with E-state index in [2.05, 4.69) is 67.8 Å². The van der Waals surface area contributed by atoms with Gasteiger partial charge < -0.3 is 13.9 Å². The first kappa shape index (κ1) is 22.0. The Morgan fingerprint density at radius 1 is 1.04 bits per heavy atom. The van der Waals surface area contributed by atoms with Crippen LogP contribution in [0.1, 0.15) is 20.7 Å². The standard InChI is InChI=1S/C16H9I3O8S/c17-7-3-9(13(19)11(18)4-7)16(21)27-12-6-8-5-10(14(12)26-8)15(20)25-1-2-28(22,23)24/h3-6H,1-2H2,(H,22,23,24). The van der Waals surface area contributed by atoms with Crippen molar-refractivity contribution >= 4 is 101 Å². The van der Waals surface area contributed by atoms with Gasteiger partial charge in [-0.2, -0.15) is 8.42 Å². The molecule has 0 amide bonds. The van der Waals surface area contributed by atoms with Gasteiger partial charge in [0.05, 0.1) is 5.56 Å². The third kappa shape index (κ3) is 5.06. The molecule has 1 N–H and O–H groups in total. The lowest BCUT2D eigenvalue weighted by Gasteiger charge is -2.08. The SMILES string of the molecule is O=C(Oc1cc2cc(C(=O)OCCS(=O)(=O)O)c1o2)c1cc(I)cc(I)c1I. The average molecular weight is 742 g/mol. The Morgan fingerprint density at radius 2 is 1.75 bits per heavy atom. The van der Waals surface area contributed by atoms with E-state index in [1.54, 1.807) is 6.07 Å². The second-order valence-corrected chi connectivity index (χ2v) is 10.5. The van der Waals surface area contributed by atoms with Gasteiger partial charge in [0.25, 0.3) is 10.1 Å². The van der Waals surface area contributed by atoms with Crippen molar-refractivity contribution in [3.05, 3.63) is 46.1 Å². The fourth-order valence-electron chi connectivity index (χ4n) is 2.26. The maximum Gasteiger partial charge on any atom is 0.344 e. The second-order valence-electron chi connectivity index (χ2n) is 5.46. The summed E-state index contributed by atoms with van der Waals surface area (Å²) < 4.78 is 48.2. The lowest BCUT2D eigenvalue weighted by Crippen LogP contribution is -2.15. The number of halogens is 3. The summed E-state index contributed by atoms with van der Waals surface area (Å²) in [5, 5.41) is 0. The van der Waals surface area contributed by atoms with Crippen molar-refractivity contribution in [1.82, 2.24) is 0 Å². The molecule has 2 bridgehead atoms. The maximum atomic E-state index is 12.6. The largest absolute Gasteiger partial charge is 0.461 e. The Hall–Kier alpha value is -0.720. The predicted molar refractivity (Wildman–Crippen MR) is 124 cm³/mol. The number of hydrogen-bond donors (Lipinski definition) is 1. The molecule has 28 heavy (non-hydrogen) atoms. The molecule has 1 aromatic carbocycles. The minimum atomic E-state index is -4.24.